The van der Waals surface area contributed by atoms with Gasteiger partial charge in [-0.3, -0.25) is 4.90 Å². The van der Waals surface area contributed by atoms with Crippen LogP contribution >= 0.6 is 11.6 Å². The standard InChI is InChI=1S/C17H24ClN5O/c1-13-7-9-22(10-8-13)16(14-3-5-15(18)6-4-14)17-19-20-21-23(17)11-12-24-2/h3-6,13,16H,7-12H2,1-2H3. The molecule has 1 unspecified atom stereocenters. The lowest BCUT2D eigenvalue weighted by atomic mass is 9.95. The van der Waals surface area contributed by atoms with E-state index >= 15 is 0 Å². The summed E-state index contributed by atoms with van der Waals surface area (Å²) >= 11 is 6.07. The van der Waals surface area contributed by atoms with Gasteiger partial charge in [-0.2, -0.15) is 0 Å². The summed E-state index contributed by atoms with van der Waals surface area (Å²) in [6, 6.07) is 8.04. The molecule has 0 aliphatic carbocycles. The number of hydrogen-bond donors (Lipinski definition) is 0. The second-order valence-corrected chi connectivity index (χ2v) is 6.86. The van der Waals surface area contributed by atoms with Crippen LogP contribution in [0, 0.1) is 5.92 Å². The van der Waals surface area contributed by atoms with Crippen molar-refractivity contribution in [2.75, 3.05) is 26.8 Å². The molecule has 1 saturated heterocycles. The highest BCUT2D eigenvalue weighted by Crippen LogP contribution is 2.31. The number of ether oxygens (including phenoxy) is 1. The van der Waals surface area contributed by atoms with Crippen molar-refractivity contribution in [2.24, 2.45) is 5.92 Å². The number of methoxy groups -OCH3 is 1. The van der Waals surface area contributed by atoms with Crippen molar-refractivity contribution >= 4 is 11.6 Å². The van der Waals surface area contributed by atoms with E-state index in [9.17, 15) is 0 Å². The Labute approximate surface area is 147 Å². The average molecular weight is 350 g/mol. The zero-order valence-corrected chi connectivity index (χ0v) is 15.0. The molecule has 2 heterocycles. The first-order chi connectivity index (χ1) is 11.7. The van der Waals surface area contributed by atoms with E-state index in [4.69, 9.17) is 16.3 Å². The monoisotopic (exact) mass is 349 g/mol. The van der Waals surface area contributed by atoms with Gasteiger partial charge in [0.15, 0.2) is 5.82 Å². The Hall–Kier alpha value is -1.50. The van der Waals surface area contributed by atoms with Gasteiger partial charge in [-0.1, -0.05) is 30.7 Å². The Kier molecular flexibility index (Phi) is 5.81. The molecule has 1 fully saturated rings. The number of hydrogen-bond acceptors (Lipinski definition) is 5. The molecule has 3 rings (SSSR count). The molecule has 6 nitrogen and oxygen atoms in total. The van der Waals surface area contributed by atoms with E-state index in [0.29, 0.717) is 13.2 Å². The number of likely N-dealkylation sites (tertiary alicyclic amines) is 1. The van der Waals surface area contributed by atoms with Crippen molar-refractivity contribution in [2.45, 2.75) is 32.4 Å². The number of aromatic nitrogens is 4. The molecular formula is C17H24ClN5O. The van der Waals surface area contributed by atoms with Gasteiger partial charge in [-0.05, 0) is 60.0 Å². The van der Waals surface area contributed by atoms with E-state index in [1.165, 1.54) is 18.4 Å². The zero-order valence-electron chi connectivity index (χ0n) is 14.2. The van der Waals surface area contributed by atoms with Crippen LogP contribution in [-0.2, 0) is 11.3 Å². The summed E-state index contributed by atoms with van der Waals surface area (Å²) in [5.74, 6) is 1.64. The fourth-order valence-corrected chi connectivity index (χ4v) is 3.33. The summed E-state index contributed by atoms with van der Waals surface area (Å²) in [4.78, 5) is 2.47. The number of benzene rings is 1. The molecule has 24 heavy (non-hydrogen) atoms. The van der Waals surface area contributed by atoms with Crippen LogP contribution in [0.5, 0.6) is 0 Å². The molecule has 0 N–H and O–H groups in total. The molecule has 1 aliphatic heterocycles. The van der Waals surface area contributed by atoms with Crippen LogP contribution in [0.4, 0.5) is 0 Å². The third-order valence-corrected chi connectivity index (χ3v) is 4.93. The summed E-state index contributed by atoms with van der Waals surface area (Å²) in [6.45, 7) is 5.64. The Morgan fingerprint density at radius 3 is 2.62 bits per heavy atom. The van der Waals surface area contributed by atoms with E-state index in [2.05, 4.69) is 39.5 Å². The second-order valence-electron chi connectivity index (χ2n) is 6.43. The van der Waals surface area contributed by atoms with Gasteiger partial charge < -0.3 is 4.74 Å². The van der Waals surface area contributed by atoms with E-state index in [-0.39, 0.29) is 6.04 Å². The predicted octanol–water partition coefficient (Wildman–Crippen LogP) is 2.79. The molecule has 0 spiro atoms. The topological polar surface area (TPSA) is 56.1 Å². The summed E-state index contributed by atoms with van der Waals surface area (Å²) in [5, 5.41) is 13.1. The Balaban J connectivity index is 1.92. The number of rotatable bonds is 6. The predicted molar refractivity (Wildman–Crippen MR) is 93.0 cm³/mol. The third-order valence-electron chi connectivity index (χ3n) is 4.68. The first kappa shape index (κ1) is 17.3. The quantitative estimate of drug-likeness (QED) is 0.802. The van der Waals surface area contributed by atoms with Crippen molar-refractivity contribution in [3.8, 4) is 0 Å². The molecule has 7 heteroatoms. The van der Waals surface area contributed by atoms with Crippen molar-refractivity contribution < 1.29 is 4.74 Å². The van der Waals surface area contributed by atoms with Crippen molar-refractivity contribution in [3.63, 3.8) is 0 Å². The number of nitrogens with zero attached hydrogens (tertiary/aromatic N) is 5. The molecule has 1 aromatic heterocycles. The summed E-state index contributed by atoms with van der Waals surface area (Å²) in [5.41, 5.74) is 1.17. The fourth-order valence-electron chi connectivity index (χ4n) is 3.20. The lowest BCUT2D eigenvalue weighted by Gasteiger charge is -2.36. The minimum Gasteiger partial charge on any atom is -0.383 e. The number of tetrazole rings is 1. The van der Waals surface area contributed by atoms with Crippen molar-refractivity contribution in [3.05, 3.63) is 40.7 Å². The largest absolute Gasteiger partial charge is 0.383 e. The molecule has 0 amide bonds. The fraction of sp³-hybridized carbons (Fsp3) is 0.588. The molecule has 0 bridgehead atoms. The van der Waals surface area contributed by atoms with Gasteiger partial charge in [0.05, 0.1) is 19.2 Å². The van der Waals surface area contributed by atoms with Crippen LogP contribution < -0.4 is 0 Å². The Bertz CT molecular complexity index is 637. The Morgan fingerprint density at radius 2 is 1.96 bits per heavy atom. The van der Waals surface area contributed by atoms with E-state index < -0.39 is 0 Å². The Morgan fingerprint density at radius 1 is 1.25 bits per heavy atom. The first-order valence-electron chi connectivity index (χ1n) is 8.43. The van der Waals surface area contributed by atoms with Gasteiger partial charge in [-0.25, -0.2) is 4.68 Å². The zero-order chi connectivity index (χ0) is 16.9. The smallest absolute Gasteiger partial charge is 0.173 e. The molecule has 0 saturated carbocycles. The maximum absolute atomic E-state index is 6.07. The van der Waals surface area contributed by atoms with Crippen LogP contribution in [0.3, 0.4) is 0 Å². The molecule has 1 aliphatic rings. The molecule has 130 valence electrons. The van der Waals surface area contributed by atoms with Gasteiger partial charge in [0.25, 0.3) is 0 Å². The highest BCUT2D eigenvalue weighted by atomic mass is 35.5. The highest BCUT2D eigenvalue weighted by molar-refractivity contribution is 6.30. The summed E-state index contributed by atoms with van der Waals surface area (Å²) in [6.07, 6.45) is 2.40. The van der Waals surface area contributed by atoms with E-state index in [1.54, 1.807) is 7.11 Å². The summed E-state index contributed by atoms with van der Waals surface area (Å²) in [7, 11) is 1.69. The van der Waals surface area contributed by atoms with E-state index in [0.717, 1.165) is 29.9 Å². The first-order valence-corrected chi connectivity index (χ1v) is 8.81. The average Bonchev–Trinajstić information content (AvgIpc) is 3.05. The highest BCUT2D eigenvalue weighted by Gasteiger charge is 2.30. The second kappa shape index (κ2) is 8.05. The van der Waals surface area contributed by atoms with Gasteiger partial charge in [0.1, 0.15) is 0 Å². The molecule has 1 atom stereocenters. The van der Waals surface area contributed by atoms with Crippen LogP contribution in [0.1, 0.15) is 37.2 Å². The van der Waals surface area contributed by atoms with Gasteiger partial charge >= 0.3 is 0 Å². The molecule has 1 aromatic carbocycles. The van der Waals surface area contributed by atoms with Gasteiger partial charge in [0.2, 0.25) is 0 Å². The molecular weight excluding hydrogens is 326 g/mol. The molecule has 0 radical (unpaired) electrons. The number of piperidine rings is 1. The number of halogens is 1. The van der Waals surface area contributed by atoms with Crippen molar-refractivity contribution in [1.82, 2.24) is 25.1 Å². The summed E-state index contributed by atoms with van der Waals surface area (Å²) < 4.78 is 7.03. The van der Waals surface area contributed by atoms with Crippen LogP contribution in [0.2, 0.25) is 5.02 Å². The van der Waals surface area contributed by atoms with E-state index in [1.807, 2.05) is 16.8 Å². The maximum Gasteiger partial charge on any atom is 0.173 e. The van der Waals surface area contributed by atoms with Crippen molar-refractivity contribution in [1.29, 1.82) is 0 Å². The SMILES string of the molecule is COCCn1nnnc1C(c1ccc(Cl)cc1)N1CCC(C)CC1. The lowest BCUT2D eigenvalue weighted by Crippen LogP contribution is -2.38. The minimum atomic E-state index is 0.0432. The minimum absolute atomic E-state index is 0.0432. The van der Waals surface area contributed by atoms with Crippen LogP contribution in [0.15, 0.2) is 24.3 Å². The maximum atomic E-state index is 6.07. The normalized spacial score (nSPS) is 18.0. The van der Waals surface area contributed by atoms with Crippen LogP contribution in [0.25, 0.3) is 0 Å². The van der Waals surface area contributed by atoms with Gasteiger partial charge in [-0.15, -0.1) is 5.10 Å². The van der Waals surface area contributed by atoms with Gasteiger partial charge in [0, 0.05) is 12.1 Å². The molecule has 2 aromatic rings. The third kappa shape index (κ3) is 3.94. The van der Waals surface area contributed by atoms with Crippen LogP contribution in [-0.4, -0.2) is 51.9 Å². The lowest BCUT2D eigenvalue weighted by molar-refractivity contribution is 0.144.